The number of nitrogens with one attached hydrogen (secondary N) is 2. The fourth-order valence-electron chi connectivity index (χ4n) is 3.03. The minimum absolute atomic E-state index is 0.00774. The van der Waals surface area contributed by atoms with E-state index >= 15 is 0 Å². The smallest absolute Gasteiger partial charge is 0.317 e. The van der Waals surface area contributed by atoms with E-state index in [-0.39, 0.29) is 42.6 Å². The maximum atomic E-state index is 12.3. The molecule has 2 fully saturated rings. The number of amides is 3. The minimum Gasteiger partial charge on any atom is -0.394 e. The van der Waals surface area contributed by atoms with E-state index < -0.39 is 0 Å². The second-order valence-corrected chi connectivity index (χ2v) is 6.96. The summed E-state index contributed by atoms with van der Waals surface area (Å²) in [6.45, 7) is 4.22. The first kappa shape index (κ1) is 16.8. The lowest BCUT2D eigenvalue weighted by Gasteiger charge is -2.24. The van der Waals surface area contributed by atoms with Crippen LogP contribution in [0.25, 0.3) is 0 Å². The van der Waals surface area contributed by atoms with Crippen LogP contribution in [0.4, 0.5) is 10.5 Å². The average Bonchev–Trinajstić information content (AvgIpc) is 3.13. The Morgan fingerprint density at radius 3 is 2.79 bits per heavy atom. The van der Waals surface area contributed by atoms with Crippen molar-refractivity contribution in [3.8, 4) is 0 Å². The summed E-state index contributed by atoms with van der Waals surface area (Å²) in [5.74, 6) is 0.195. The molecule has 24 heavy (non-hydrogen) atoms. The van der Waals surface area contributed by atoms with Crippen molar-refractivity contribution in [1.29, 1.82) is 0 Å². The summed E-state index contributed by atoms with van der Waals surface area (Å²) >= 11 is 0. The van der Waals surface area contributed by atoms with Gasteiger partial charge in [-0.2, -0.15) is 5.10 Å². The Morgan fingerprint density at radius 1 is 1.42 bits per heavy atom. The van der Waals surface area contributed by atoms with Gasteiger partial charge in [-0.25, -0.2) is 4.79 Å². The highest BCUT2D eigenvalue weighted by Crippen LogP contribution is 2.31. The Hall–Kier alpha value is -2.09. The third-order valence-electron chi connectivity index (χ3n) is 4.47. The Kier molecular flexibility index (Phi) is 4.75. The van der Waals surface area contributed by atoms with E-state index in [1.54, 1.807) is 22.0 Å². The number of anilines is 1. The standard InChI is InChI=1S/C16H25N5O3/c1-10(2)18-16(24)20-8-13(5-14(20)9-22)21-7-12(6-17-21)19-15(23)11-3-4-11/h6-7,10-11,13-14,22H,3-5,8-9H2,1-2H3,(H,18,24)(H,19,23)/t13-,14-/m0/s1. The molecular weight excluding hydrogens is 310 g/mol. The number of hydrogen-bond acceptors (Lipinski definition) is 4. The molecule has 3 rings (SSSR count). The average molecular weight is 335 g/mol. The molecule has 2 aliphatic rings. The van der Waals surface area contributed by atoms with Crippen LogP contribution < -0.4 is 10.6 Å². The van der Waals surface area contributed by atoms with Gasteiger partial charge in [-0.3, -0.25) is 9.48 Å². The number of hydrogen-bond donors (Lipinski definition) is 3. The number of carbonyl (C=O) groups excluding carboxylic acids is 2. The predicted octanol–water partition coefficient (Wildman–Crippen LogP) is 0.957. The summed E-state index contributed by atoms with van der Waals surface area (Å²) in [6, 6.07) is -0.347. The van der Waals surface area contributed by atoms with Crippen LogP contribution in [0.2, 0.25) is 0 Å². The zero-order valence-electron chi connectivity index (χ0n) is 14.1. The summed E-state index contributed by atoms with van der Waals surface area (Å²) in [7, 11) is 0. The first-order chi connectivity index (χ1) is 11.5. The molecule has 3 amide bonds. The molecule has 2 atom stereocenters. The number of likely N-dealkylation sites (tertiary alicyclic amines) is 1. The molecule has 8 heteroatoms. The van der Waals surface area contributed by atoms with Crippen LogP contribution in [-0.4, -0.2) is 57.0 Å². The van der Waals surface area contributed by atoms with Gasteiger partial charge in [0.2, 0.25) is 5.91 Å². The summed E-state index contributed by atoms with van der Waals surface area (Å²) < 4.78 is 1.77. The van der Waals surface area contributed by atoms with Gasteiger partial charge in [0.1, 0.15) is 0 Å². The zero-order chi connectivity index (χ0) is 17.3. The van der Waals surface area contributed by atoms with Gasteiger partial charge in [0.05, 0.1) is 30.6 Å². The fraction of sp³-hybridized carbons (Fsp3) is 0.688. The van der Waals surface area contributed by atoms with Gasteiger partial charge in [0.25, 0.3) is 0 Å². The Balaban J connectivity index is 1.63. The number of aliphatic hydroxyl groups is 1. The number of aromatic nitrogens is 2. The molecule has 1 saturated carbocycles. The zero-order valence-corrected chi connectivity index (χ0v) is 14.1. The predicted molar refractivity (Wildman–Crippen MR) is 88.5 cm³/mol. The largest absolute Gasteiger partial charge is 0.394 e. The molecule has 1 aliphatic heterocycles. The normalized spacial score (nSPS) is 23.6. The lowest BCUT2D eigenvalue weighted by molar-refractivity contribution is -0.117. The highest BCUT2D eigenvalue weighted by molar-refractivity contribution is 5.93. The molecule has 0 spiro atoms. The Morgan fingerprint density at radius 2 is 2.17 bits per heavy atom. The van der Waals surface area contributed by atoms with Crippen molar-refractivity contribution in [2.75, 3.05) is 18.5 Å². The van der Waals surface area contributed by atoms with Crippen molar-refractivity contribution in [1.82, 2.24) is 20.0 Å². The van der Waals surface area contributed by atoms with E-state index in [4.69, 9.17) is 0 Å². The maximum Gasteiger partial charge on any atom is 0.317 e. The van der Waals surface area contributed by atoms with E-state index in [0.29, 0.717) is 18.7 Å². The van der Waals surface area contributed by atoms with Gasteiger partial charge in [0.15, 0.2) is 0 Å². The Labute approximate surface area is 141 Å². The van der Waals surface area contributed by atoms with E-state index in [0.717, 1.165) is 12.8 Å². The molecule has 0 bridgehead atoms. The van der Waals surface area contributed by atoms with Crippen LogP contribution >= 0.6 is 0 Å². The van der Waals surface area contributed by atoms with Crippen molar-refractivity contribution in [2.24, 2.45) is 5.92 Å². The van der Waals surface area contributed by atoms with Gasteiger partial charge in [-0.15, -0.1) is 0 Å². The molecule has 1 aromatic heterocycles. The first-order valence-electron chi connectivity index (χ1n) is 8.51. The van der Waals surface area contributed by atoms with Crippen LogP contribution in [0.1, 0.15) is 39.2 Å². The van der Waals surface area contributed by atoms with Crippen molar-refractivity contribution < 1.29 is 14.7 Å². The summed E-state index contributed by atoms with van der Waals surface area (Å²) in [4.78, 5) is 25.7. The Bertz CT molecular complexity index is 611. The number of nitrogens with zero attached hydrogens (tertiary/aromatic N) is 3. The third kappa shape index (κ3) is 3.69. The van der Waals surface area contributed by atoms with Crippen LogP contribution in [0.15, 0.2) is 12.4 Å². The van der Waals surface area contributed by atoms with Crippen molar-refractivity contribution in [3.63, 3.8) is 0 Å². The van der Waals surface area contributed by atoms with Crippen LogP contribution in [0, 0.1) is 5.92 Å². The highest BCUT2D eigenvalue weighted by Gasteiger charge is 2.36. The lowest BCUT2D eigenvalue weighted by Crippen LogP contribution is -2.46. The molecule has 2 heterocycles. The fourth-order valence-corrected chi connectivity index (χ4v) is 3.03. The topological polar surface area (TPSA) is 99.5 Å². The highest BCUT2D eigenvalue weighted by atomic mass is 16.3. The monoisotopic (exact) mass is 335 g/mol. The lowest BCUT2D eigenvalue weighted by atomic mass is 10.2. The van der Waals surface area contributed by atoms with Gasteiger partial charge in [0, 0.05) is 24.7 Å². The number of aliphatic hydroxyl groups excluding tert-OH is 1. The molecule has 3 N–H and O–H groups in total. The van der Waals surface area contributed by atoms with Crippen molar-refractivity contribution >= 4 is 17.6 Å². The van der Waals surface area contributed by atoms with Crippen LogP contribution in [0.5, 0.6) is 0 Å². The molecule has 8 nitrogen and oxygen atoms in total. The second kappa shape index (κ2) is 6.80. The van der Waals surface area contributed by atoms with E-state index in [1.165, 1.54) is 0 Å². The van der Waals surface area contributed by atoms with Crippen molar-refractivity contribution in [3.05, 3.63) is 12.4 Å². The quantitative estimate of drug-likeness (QED) is 0.746. The number of rotatable bonds is 5. The van der Waals surface area contributed by atoms with E-state index in [2.05, 4.69) is 15.7 Å². The number of urea groups is 1. The maximum absolute atomic E-state index is 12.3. The molecule has 1 saturated heterocycles. The molecule has 1 aliphatic carbocycles. The number of carbonyl (C=O) groups is 2. The minimum atomic E-state index is -0.220. The molecule has 0 aromatic carbocycles. The van der Waals surface area contributed by atoms with Gasteiger partial charge < -0.3 is 20.6 Å². The van der Waals surface area contributed by atoms with Crippen LogP contribution in [0.3, 0.4) is 0 Å². The SMILES string of the molecule is CC(C)NC(=O)N1C[C@@H](n2cc(NC(=O)C3CC3)cn2)C[C@H]1CO. The van der Waals surface area contributed by atoms with Gasteiger partial charge in [-0.1, -0.05) is 0 Å². The second-order valence-electron chi connectivity index (χ2n) is 6.96. The molecule has 0 radical (unpaired) electrons. The van der Waals surface area contributed by atoms with Gasteiger partial charge in [-0.05, 0) is 33.1 Å². The van der Waals surface area contributed by atoms with Crippen molar-refractivity contribution in [2.45, 2.75) is 51.2 Å². The van der Waals surface area contributed by atoms with Crippen LogP contribution in [-0.2, 0) is 4.79 Å². The van der Waals surface area contributed by atoms with Gasteiger partial charge >= 0.3 is 6.03 Å². The van der Waals surface area contributed by atoms with E-state index in [1.807, 2.05) is 13.8 Å². The third-order valence-corrected chi connectivity index (χ3v) is 4.47. The molecule has 1 aromatic rings. The summed E-state index contributed by atoms with van der Waals surface area (Å²) in [6.07, 6.45) is 5.98. The summed E-state index contributed by atoms with van der Waals surface area (Å²) in [5, 5.41) is 19.6. The molecule has 0 unspecified atom stereocenters. The first-order valence-corrected chi connectivity index (χ1v) is 8.51. The van der Waals surface area contributed by atoms with E-state index in [9.17, 15) is 14.7 Å². The molecule has 132 valence electrons. The summed E-state index contributed by atoms with van der Waals surface area (Å²) in [5.41, 5.74) is 0.678. The molecular formula is C16H25N5O3.